The number of alkyl halides is 3. The summed E-state index contributed by atoms with van der Waals surface area (Å²) < 4.78 is 68.0. The maximum atomic E-state index is 13.3. The molecule has 0 unspecified atom stereocenters. The molecule has 0 radical (unpaired) electrons. The Morgan fingerprint density at radius 2 is 1.79 bits per heavy atom. The Morgan fingerprint density at radius 3 is 2.33 bits per heavy atom. The second-order valence-electron chi connectivity index (χ2n) is 12.4. The number of halogens is 5. The number of hydrogen-bond acceptors (Lipinski definition) is 5. The molecule has 3 fully saturated rings. The molecule has 1 aliphatic heterocycles. The first-order valence-electron chi connectivity index (χ1n) is 12.9. The lowest BCUT2D eigenvalue weighted by molar-refractivity contribution is -0.209. The zero-order valence-electron chi connectivity index (χ0n) is 22.7. The molecule has 1 heterocycles. The van der Waals surface area contributed by atoms with Gasteiger partial charge in [0.15, 0.2) is 6.04 Å². The third kappa shape index (κ3) is 5.40. The lowest BCUT2D eigenvalue weighted by Gasteiger charge is -2.73. The maximum Gasteiger partial charge on any atom is 0.395 e. The lowest BCUT2D eigenvalue weighted by atomic mass is 9.38. The highest BCUT2D eigenvalue weighted by Gasteiger charge is 2.75. The van der Waals surface area contributed by atoms with Crippen molar-refractivity contribution in [2.24, 2.45) is 15.8 Å². The highest BCUT2D eigenvalue weighted by atomic mass is 35.5. The second kappa shape index (κ2) is 9.77. The fraction of sp³-hybridized carbons (Fsp3) is 0.692. The molecule has 0 spiro atoms. The molecule has 13 heteroatoms. The Hall–Kier alpha value is -1.56. The number of hydrogen-bond donors (Lipinski definition) is 2. The fourth-order valence-electron chi connectivity index (χ4n) is 5.84. The van der Waals surface area contributed by atoms with Crippen molar-refractivity contribution in [3.63, 3.8) is 0 Å². The third-order valence-corrected chi connectivity index (χ3v) is 11.1. The summed E-state index contributed by atoms with van der Waals surface area (Å²) >= 11 is 12.2. The summed E-state index contributed by atoms with van der Waals surface area (Å²) in [5, 5.41) is 6.49. The molecule has 1 amide bonds. The summed E-state index contributed by atoms with van der Waals surface area (Å²) in [5.41, 5.74) is -3.11. The van der Waals surface area contributed by atoms with Crippen LogP contribution >= 0.6 is 23.2 Å². The van der Waals surface area contributed by atoms with Crippen LogP contribution in [0.5, 0.6) is 0 Å². The van der Waals surface area contributed by atoms with Gasteiger partial charge in [0, 0.05) is 24.0 Å². The van der Waals surface area contributed by atoms with Gasteiger partial charge in [0.05, 0.1) is 26.8 Å². The number of amidine groups is 1. The van der Waals surface area contributed by atoms with Gasteiger partial charge in [-0.15, -0.1) is 0 Å². The van der Waals surface area contributed by atoms with E-state index >= 15 is 0 Å². The van der Waals surface area contributed by atoms with Crippen LogP contribution in [0.1, 0.15) is 65.9 Å². The van der Waals surface area contributed by atoms with Gasteiger partial charge in [-0.3, -0.25) is 9.79 Å². The number of carbonyl (C=O) groups is 1. The van der Waals surface area contributed by atoms with E-state index in [1.807, 2.05) is 6.92 Å². The molecule has 0 aromatic heterocycles. The lowest BCUT2D eigenvalue weighted by Crippen LogP contribution is -2.78. The van der Waals surface area contributed by atoms with Gasteiger partial charge in [-0.25, -0.2) is 8.42 Å². The van der Waals surface area contributed by atoms with Crippen LogP contribution < -0.4 is 10.6 Å². The second-order valence-corrected chi connectivity index (χ2v) is 15.3. The molecule has 2 bridgehead atoms. The van der Waals surface area contributed by atoms with Crippen LogP contribution in [-0.2, 0) is 21.4 Å². The van der Waals surface area contributed by atoms with Crippen LogP contribution in [0.25, 0.3) is 0 Å². The molecule has 3 aliphatic carbocycles. The van der Waals surface area contributed by atoms with Crippen LogP contribution in [0.3, 0.4) is 0 Å². The van der Waals surface area contributed by atoms with Crippen molar-refractivity contribution in [2.75, 3.05) is 12.3 Å². The van der Waals surface area contributed by atoms with Crippen LogP contribution in [0.15, 0.2) is 23.2 Å². The number of amides is 1. The van der Waals surface area contributed by atoms with Crippen LogP contribution in [0, 0.1) is 10.8 Å². The predicted octanol–water partition coefficient (Wildman–Crippen LogP) is 5.31. The molecule has 5 rings (SSSR count). The molecular weight excluding hydrogens is 576 g/mol. The van der Waals surface area contributed by atoms with Gasteiger partial charge in [-0.05, 0) is 71.1 Å². The van der Waals surface area contributed by atoms with E-state index in [2.05, 4.69) is 15.6 Å². The number of sulfonamides is 1. The van der Waals surface area contributed by atoms with E-state index < -0.39 is 56.6 Å². The van der Waals surface area contributed by atoms with Crippen molar-refractivity contribution >= 4 is 45.0 Å². The number of rotatable bonds is 10. The minimum Gasteiger partial charge on any atom is -0.366 e. The molecule has 1 aromatic carbocycles. The molecule has 4 aliphatic rings. The first kappa shape index (κ1) is 30.4. The average Bonchev–Trinajstić information content (AvgIpc) is 3.06. The normalized spacial score (nSPS) is 27.9. The van der Waals surface area contributed by atoms with E-state index in [1.165, 1.54) is 0 Å². The van der Waals surface area contributed by atoms with E-state index in [4.69, 9.17) is 23.2 Å². The molecule has 2 N–H and O–H groups in total. The molecule has 7 nitrogen and oxygen atoms in total. The summed E-state index contributed by atoms with van der Waals surface area (Å²) in [6.07, 6.45) is -2.35. The Morgan fingerprint density at radius 1 is 1.18 bits per heavy atom. The van der Waals surface area contributed by atoms with E-state index in [0.29, 0.717) is 41.6 Å². The monoisotopic (exact) mass is 610 g/mol. The number of nitrogens with one attached hydrogen (secondary N) is 2. The van der Waals surface area contributed by atoms with E-state index in [-0.39, 0.29) is 12.3 Å². The topological polar surface area (TPSA) is 90.9 Å². The molecule has 1 atom stereocenters. The summed E-state index contributed by atoms with van der Waals surface area (Å²) in [6, 6.07) is 4.18. The zero-order chi connectivity index (χ0) is 29.2. The van der Waals surface area contributed by atoms with Crippen molar-refractivity contribution in [1.82, 2.24) is 14.9 Å². The quantitative estimate of drug-likeness (QED) is 0.375. The average molecular weight is 612 g/mol. The first-order valence-corrected chi connectivity index (χ1v) is 15.3. The number of benzene rings is 1. The SMILES string of the molecule is CCCS(=O)(=O)N(Cc1ccc(Cl)c(Cl)c1)C12CC(C3=N[C@@H](C(=O)NCC(C)(C)C(F)(F)F)C(C)(C)N3)(C1)C2. The molecule has 1 aromatic rings. The highest BCUT2D eigenvalue weighted by molar-refractivity contribution is 7.89. The molecule has 218 valence electrons. The van der Waals surface area contributed by atoms with Crippen molar-refractivity contribution in [3.05, 3.63) is 33.8 Å². The van der Waals surface area contributed by atoms with Crippen molar-refractivity contribution in [1.29, 1.82) is 0 Å². The summed E-state index contributed by atoms with van der Waals surface area (Å²) in [6.45, 7) is 7.08. The first-order chi connectivity index (χ1) is 17.8. The van der Waals surface area contributed by atoms with Gasteiger partial charge in [0.2, 0.25) is 15.9 Å². The van der Waals surface area contributed by atoms with Gasteiger partial charge >= 0.3 is 6.18 Å². The minimum atomic E-state index is -4.46. The van der Waals surface area contributed by atoms with Crippen LogP contribution in [0.2, 0.25) is 10.0 Å². The number of aliphatic imine (C=N–C) groups is 1. The van der Waals surface area contributed by atoms with E-state index in [1.54, 1.807) is 36.4 Å². The van der Waals surface area contributed by atoms with Crippen molar-refractivity contribution in [2.45, 2.75) is 90.1 Å². The van der Waals surface area contributed by atoms with E-state index in [0.717, 1.165) is 19.4 Å². The maximum absolute atomic E-state index is 13.3. The Kier molecular flexibility index (Phi) is 7.62. The smallest absolute Gasteiger partial charge is 0.366 e. The largest absolute Gasteiger partial charge is 0.395 e. The minimum absolute atomic E-state index is 0.0197. The van der Waals surface area contributed by atoms with Gasteiger partial charge < -0.3 is 10.6 Å². The Labute approximate surface area is 237 Å². The number of nitrogens with zero attached hydrogens (tertiary/aromatic N) is 2. The molecule has 39 heavy (non-hydrogen) atoms. The molecule has 0 saturated heterocycles. The van der Waals surface area contributed by atoms with Gasteiger partial charge in [-0.1, -0.05) is 36.2 Å². The molecular formula is C26H35Cl2F3N4O3S. The highest BCUT2D eigenvalue weighted by Crippen LogP contribution is 2.71. The summed E-state index contributed by atoms with van der Waals surface area (Å²) in [4.78, 5) is 17.6. The molecule has 3 saturated carbocycles. The Balaban J connectivity index is 1.50. The van der Waals surface area contributed by atoms with Gasteiger partial charge in [0.1, 0.15) is 5.84 Å². The Bertz CT molecular complexity index is 1280. The van der Waals surface area contributed by atoms with Gasteiger partial charge in [-0.2, -0.15) is 17.5 Å². The standard InChI is InChI=1S/C26H35Cl2F3N4O3S/c1-6-9-39(37,38)35(11-16-7-8-17(27)18(28)10-16)25-12-24(13-25,14-25)21-33-19(23(4,5)34-21)20(36)32-15-22(2,3)26(29,30)31/h7-8,10,19H,6,9,11-15H2,1-5H3,(H,32,36)(H,33,34)/t19-,24?,25?/m0/s1. The zero-order valence-corrected chi connectivity index (χ0v) is 25.0. The predicted molar refractivity (Wildman–Crippen MR) is 146 cm³/mol. The van der Waals surface area contributed by atoms with Crippen LogP contribution in [-0.4, -0.2) is 60.1 Å². The van der Waals surface area contributed by atoms with Gasteiger partial charge in [0.25, 0.3) is 0 Å². The van der Waals surface area contributed by atoms with E-state index in [9.17, 15) is 26.4 Å². The third-order valence-electron chi connectivity index (χ3n) is 8.24. The summed E-state index contributed by atoms with van der Waals surface area (Å²) in [7, 11) is -3.56. The van der Waals surface area contributed by atoms with Crippen molar-refractivity contribution < 1.29 is 26.4 Å². The number of carbonyl (C=O) groups excluding carboxylic acids is 1. The van der Waals surface area contributed by atoms with Crippen molar-refractivity contribution in [3.8, 4) is 0 Å². The summed E-state index contributed by atoms with van der Waals surface area (Å²) in [5.74, 6) is 0.0612. The van der Waals surface area contributed by atoms with Crippen LogP contribution in [0.4, 0.5) is 13.2 Å². The fourth-order valence-corrected chi connectivity index (χ4v) is 8.03.